The third kappa shape index (κ3) is 1.51. The number of aryl methyl sites for hydroxylation is 1. The molecule has 2 heterocycles. The van der Waals surface area contributed by atoms with E-state index in [-0.39, 0.29) is 0 Å². The monoisotopic (exact) mass is 258 g/mol. The van der Waals surface area contributed by atoms with Gasteiger partial charge in [0.15, 0.2) is 0 Å². The van der Waals surface area contributed by atoms with Crippen LogP contribution in [0.5, 0.6) is 0 Å². The van der Waals surface area contributed by atoms with Crippen LogP contribution in [0.3, 0.4) is 0 Å². The van der Waals surface area contributed by atoms with Crippen molar-refractivity contribution in [3.8, 4) is 0 Å². The second-order valence-corrected chi connectivity index (χ2v) is 4.99. The largest absolute Gasteiger partial charge is 0.256 e. The summed E-state index contributed by atoms with van der Waals surface area (Å²) in [7, 11) is 0. The first kappa shape index (κ1) is 11.4. The van der Waals surface area contributed by atoms with Crippen molar-refractivity contribution in [2.75, 3.05) is 0 Å². The molecule has 0 amide bonds. The Morgan fingerprint density at radius 3 is 2.30 bits per heavy atom. The SMILES string of the molecule is CCc1nc2ccccc2c2cnc3ccccc3c12. The number of benzene rings is 2. The molecule has 0 saturated heterocycles. The molecule has 0 bridgehead atoms. The van der Waals surface area contributed by atoms with Crippen LogP contribution < -0.4 is 0 Å². The van der Waals surface area contributed by atoms with Crippen molar-refractivity contribution < 1.29 is 0 Å². The molecule has 0 radical (unpaired) electrons. The summed E-state index contributed by atoms with van der Waals surface area (Å²) < 4.78 is 0. The predicted octanol–water partition coefficient (Wildman–Crippen LogP) is 4.50. The maximum absolute atomic E-state index is 4.84. The smallest absolute Gasteiger partial charge is 0.0712 e. The Kier molecular flexibility index (Phi) is 2.43. The highest BCUT2D eigenvalue weighted by molar-refractivity contribution is 6.15. The highest BCUT2D eigenvalue weighted by Gasteiger charge is 2.10. The lowest BCUT2D eigenvalue weighted by molar-refractivity contribution is 1.08. The van der Waals surface area contributed by atoms with E-state index in [9.17, 15) is 0 Å². The van der Waals surface area contributed by atoms with Gasteiger partial charge in [-0.2, -0.15) is 0 Å². The van der Waals surface area contributed by atoms with Gasteiger partial charge in [0.25, 0.3) is 0 Å². The van der Waals surface area contributed by atoms with Crippen LogP contribution in [0.2, 0.25) is 0 Å². The van der Waals surface area contributed by atoms with Crippen molar-refractivity contribution in [3.05, 3.63) is 60.4 Å². The van der Waals surface area contributed by atoms with Gasteiger partial charge in [0, 0.05) is 33.4 Å². The summed E-state index contributed by atoms with van der Waals surface area (Å²) in [6, 6.07) is 16.6. The van der Waals surface area contributed by atoms with Crippen molar-refractivity contribution in [1.82, 2.24) is 9.97 Å². The summed E-state index contributed by atoms with van der Waals surface area (Å²) in [4.78, 5) is 9.45. The molecule has 2 aromatic heterocycles. The van der Waals surface area contributed by atoms with Gasteiger partial charge in [-0.25, -0.2) is 0 Å². The van der Waals surface area contributed by atoms with Crippen molar-refractivity contribution in [2.24, 2.45) is 0 Å². The van der Waals surface area contributed by atoms with Gasteiger partial charge in [-0.15, -0.1) is 0 Å². The first-order valence-electron chi connectivity index (χ1n) is 6.93. The lowest BCUT2D eigenvalue weighted by Crippen LogP contribution is -1.94. The minimum absolute atomic E-state index is 0.926. The van der Waals surface area contributed by atoms with Crippen LogP contribution in [-0.4, -0.2) is 9.97 Å². The number of hydrogen-bond donors (Lipinski definition) is 0. The second kappa shape index (κ2) is 4.27. The van der Waals surface area contributed by atoms with E-state index in [2.05, 4.69) is 48.3 Å². The number of rotatable bonds is 1. The van der Waals surface area contributed by atoms with Gasteiger partial charge >= 0.3 is 0 Å². The van der Waals surface area contributed by atoms with E-state index >= 15 is 0 Å². The van der Waals surface area contributed by atoms with E-state index in [1.807, 2.05) is 18.3 Å². The highest BCUT2D eigenvalue weighted by Crippen LogP contribution is 2.31. The molecule has 0 aliphatic heterocycles. The molecule has 20 heavy (non-hydrogen) atoms. The molecular formula is C18H14N2. The lowest BCUT2D eigenvalue weighted by atomic mass is 10.0. The van der Waals surface area contributed by atoms with Gasteiger partial charge in [-0.05, 0) is 18.6 Å². The fraction of sp³-hybridized carbons (Fsp3) is 0.111. The fourth-order valence-electron chi connectivity index (χ4n) is 2.91. The number of para-hydroxylation sites is 2. The molecule has 0 unspecified atom stereocenters. The summed E-state index contributed by atoms with van der Waals surface area (Å²) in [6.07, 6.45) is 2.91. The summed E-state index contributed by atoms with van der Waals surface area (Å²) in [5.41, 5.74) is 3.23. The molecule has 0 atom stereocenters. The zero-order valence-corrected chi connectivity index (χ0v) is 11.3. The van der Waals surface area contributed by atoms with E-state index in [4.69, 9.17) is 4.98 Å². The van der Waals surface area contributed by atoms with Crippen LogP contribution in [0.15, 0.2) is 54.7 Å². The number of fused-ring (bicyclic) bond motifs is 5. The minimum atomic E-state index is 0.926. The quantitative estimate of drug-likeness (QED) is 0.470. The van der Waals surface area contributed by atoms with Crippen molar-refractivity contribution >= 4 is 32.6 Å². The Labute approximate surface area is 117 Å². The van der Waals surface area contributed by atoms with Crippen LogP contribution in [0.25, 0.3) is 32.6 Å². The van der Waals surface area contributed by atoms with Gasteiger partial charge in [-0.3, -0.25) is 9.97 Å². The fourth-order valence-corrected chi connectivity index (χ4v) is 2.91. The van der Waals surface area contributed by atoms with Crippen molar-refractivity contribution in [2.45, 2.75) is 13.3 Å². The third-order valence-corrected chi connectivity index (χ3v) is 3.85. The number of hydrogen-bond acceptors (Lipinski definition) is 2. The van der Waals surface area contributed by atoms with Gasteiger partial charge in [0.05, 0.1) is 11.0 Å². The van der Waals surface area contributed by atoms with Crippen LogP contribution >= 0.6 is 0 Å². The lowest BCUT2D eigenvalue weighted by Gasteiger charge is -2.10. The van der Waals surface area contributed by atoms with Crippen LogP contribution in [0.4, 0.5) is 0 Å². The zero-order chi connectivity index (χ0) is 13.5. The summed E-state index contributed by atoms with van der Waals surface area (Å²) in [5.74, 6) is 0. The van der Waals surface area contributed by atoms with Crippen LogP contribution in [-0.2, 0) is 6.42 Å². The van der Waals surface area contributed by atoms with Gasteiger partial charge in [0.1, 0.15) is 0 Å². The van der Waals surface area contributed by atoms with Crippen molar-refractivity contribution in [1.29, 1.82) is 0 Å². The van der Waals surface area contributed by atoms with Gasteiger partial charge in [-0.1, -0.05) is 43.3 Å². The molecule has 0 aliphatic carbocycles. The molecule has 0 saturated carbocycles. The van der Waals surface area contributed by atoms with E-state index in [0.29, 0.717) is 0 Å². The maximum atomic E-state index is 4.84. The summed E-state index contributed by atoms with van der Waals surface area (Å²) in [6.45, 7) is 2.16. The molecule has 0 N–H and O–H groups in total. The average molecular weight is 258 g/mol. The number of pyridine rings is 2. The molecule has 2 heteroatoms. The van der Waals surface area contributed by atoms with E-state index in [0.717, 1.165) is 23.1 Å². The van der Waals surface area contributed by atoms with Gasteiger partial charge < -0.3 is 0 Å². The summed E-state index contributed by atoms with van der Waals surface area (Å²) in [5, 5.41) is 4.82. The molecule has 0 spiro atoms. The standard InChI is InChI=1S/C18H14N2/c1-2-15-18-13-8-4-5-9-16(13)19-11-14(18)12-7-3-6-10-17(12)20-15/h3-11H,2H2,1H3. The Morgan fingerprint density at radius 2 is 1.50 bits per heavy atom. The summed E-state index contributed by atoms with van der Waals surface area (Å²) >= 11 is 0. The molecule has 4 aromatic rings. The Hall–Kier alpha value is -2.48. The molecule has 0 fully saturated rings. The molecule has 4 rings (SSSR count). The van der Waals surface area contributed by atoms with E-state index in [1.54, 1.807) is 0 Å². The number of nitrogens with zero attached hydrogens (tertiary/aromatic N) is 2. The first-order chi connectivity index (χ1) is 9.88. The van der Waals surface area contributed by atoms with Crippen LogP contribution in [0, 0.1) is 0 Å². The second-order valence-electron chi connectivity index (χ2n) is 4.99. The van der Waals surface area contributed by atoms with Crippen molar-refractivity contribution in [3.63, 3.8) is 0 Å². The minimum Gasteiger partial charge on any atom is -0.256 e. The molecule has 0 aliphatic rings. The molecule has 2 aromatic carbocycles. The average Bonchev–Trinajstić information content (AvgIpc) is 2.53. The molecular weight excluding hydrogens is 244 g/mol. The first-order valence-corrected chi connectivity index (χ1v) is 6.93. The molecule has 2 nitrogen and oxygen atoms in total. The molecule has 96 valence electrons. The normalized spacial score (nSPS) is 11.4. The topological polar surface area (TPSA) is 25.8 Å². The van der Waals surface area contributed by atoms with E-state index in [1.165, 1.54) is 21.5 Å². The highest BCUT2D eigenvalue weighted by atomic mass is 14.7. The number of aromatic nitrogens is 2. The van der Waals surface area contributed by atoms with E-state index < -0.39 is 0 Å². The van der Waals surface area contributed by atoms with Gasteiger partial charge in [0.2, 0.25) is 0 Å². The Morgan fingerprint density at radius 1 is 0.800 bits per heavy atom. The zero-order valence-electron chi connectivity index (χ0n) is 11.3. The maximum Gasteiger partial charge on any atom is 0.0712 e. The predicted molar refractivity (Wildman–Crippen MR) is 83.9 cm³/mol. The van der Waals surface area contributed by atoms with Crippen LogP contribution in [0.1, 0.15) is 12.6 Å². The third-order valence-electron chi connectivity index (χ3n) is 3.85. The Bertz CT molecular complexity index is 942. The Balaban J connectivity index is 2.33.